The van der Waals surface area contributed by atoms with Gasteiger partial charge in [-0.25, -0.2) is 0 Å². The van der Waals surface area contributed by atoms with Crippen molar-refractivity contribution >= 4 is 21.8 Å². The van der Waals surface area contributed by atoms with E-state index in [0.29, 0.717) is 18.9 Å². The molecular formula is C15H23BrN2O. The van der Waals surface area contributed by atoms with Crippen LogP contribution in [0, 0.1) is 5.92 Å². The van der Waals surface area contributed by atoms with Crippen LogP contribution < -0.4 is 11.1 Å². The van der Waals surface area contributed by atoms with Gasteiger partial charge in [-0.2, -0.15) is 0 Å². The first kappa shape index (κ1) is 16.2. The summed E-state index contributed by atoms with van der Waals surface area (Å²) in [7, 11) is 0. The van der Waals surface area contributed by atoms with Crippen LogP contribution in [-0.2, 0) is 4.79 Å². The molecule has 1 aromatic rings. The van der Waals surface area contributed by atoms with Gasteiger partial charge >= 0.3 is 0 Å². The number of nitrogens with one attached hydrogen (secondary N) is 1. The molecule has 0 aliphatic heterocycles. The molecule has 0 spiro atoms. The minimum absolute atomic E-state index is 0.0598. The third kappa shape index (κ3) is 5.33. The van der Waals surface area contributed by atoms with Crippen LogP contribution in [-0.4, -0.2) is 18.5 Å². The van der Waals surface area contributed by atoms with Gasteiger partial charge in [0.15, 0.2) is 0 Å². The van der Waals surface area contributed by atoms with Crippen LogP contribution in [0.5, 0.6) is 0 Å². The van der Waals surface area contributed by atoms with E-state index in [9.17, 15) is 4.79 Å². The van der Waals surface area contributed by atoms with Crippen LogP contribution in [0.25, 0.3) is 0 Å². The lowest BCUT2D eigenvalue weighted by Gasteiger charge is -2.21. The van der Waals surface area contributed by atoms with Crippen molar-refractivity contribution in [2.45, 2.75) is 39.2 Å². The number of amides is 1. The molecule has 0 heterocycles. The van der Waals surface area contributed by atoms with Gasteiger partial charge in [0.25, 0.3) is 0 Å². The van der Waals surface area contributed by atoms with E-state index in [1.165, 1.54) is 5.56 Å². The lowest BCUT2D eigenvalue weighted by atomic mass is 9.97. The molecule has 0 fully saturated rings. The fourth-order valence-electron chi connectivity index (χ4n) is 1.95. The van der Waals surface area contributed by atoms with E-state index in [0.717, 1.165) is 4.47 Å². The quantitative estimate of drug-likeness (QED) is 0.844. The Morgan fingerprint density at radius 1 is 1.26 bits per heavy atom. The normalized spacial score (nSPS) is 14.2. The van der Waals surface area contributed by atoms with Crippen molar-refractivity contribution < 1.29 is 4.79 Å². The second-order valence-electron chi connectivity index (χ2n) is 5.31. The minimum atomic E-state index is 0.0598. The van der Waals surface area contributed by atoms with Gasteiger partial charge in [0.05, 0.1) is 0 Å². The highest BCUT2D eigenvalue weighted by atomic mass is 79.9. The molecule has 3 nitrogen and oxygen atoms in total. The molecule has 3 N–H and O–H groups in total. The highest BCUT2D eigenvalue weighted by molar-refractivity contribution is 9.10. The Morgan fingerprint density at radius 2 is 1.84 bits per heavy atom. The van der Waals surface area contributed by atoms with E-state index in [1.54, 1.807) is 0 Å². The molecule has 0 aromatic heterocycles. The van der Waals surface area contributed by atoms with Crippen molar-refractivity contribution in [3.05, 3.63) is 34.3 Å². The van der Waals surface area contributed by atoms with Gasteiger partial charge in [-0.1, -0.05) is 48.8 Å². The van der Waals surface area contributed by atoms with Crippen LogP contribution in [0.4, 0.5) is 0 Å². The van der Waals surface area contributed by atoms with E-state index >= 15 is 0 Å². The molecule has 0 saturated carbocycles. The average Bonchev–Trinajstić information content (AvgIpc) is 2.36. The molecule has 0 aliphatic rings. The second-order valence-corrected chi connectivity index (χ2v) is 6.23. The lowest BCUT2D eigenvalue weighted by molar-refractivity contribution is -0.122. The topological polar surface area (TPSA) is 55.1 Å². The maximum absolute atomic E-state index is 12.0. The Balaban J connectivity index is 2.54. The average molecular weight is 327 g/mol. The largest absolute Gasteiger partial charge is 0.352 e. The molecule has 1 rings (SSSR count). The van der Waals surface area contributed by atoms with Crippen LogP contribution in [0.15, 0.2) is 28.7 Å². The predicted molar refractivity (Wildman–Crippen MR) is 83.0 cm³/mol. The summed E-state index contributed by atoms with van der Waals surface area (Å²) < 4.78 is 1.05. The van der Waals surface area contributed by atoms with Crippen LogP contribution in [0.1, 0.15) is 38.7 Å². The Hall–Kier alpha value is -0.870. The zero-order valence-electron chi connectivity index (χ0n) is 11.8. The van der Waals surface area contributed by atoms with Gasteiger partial charge in [-0.05, 0) is 29.5 Å². The Morgan fingerprint density at radius 3 is 2.32 bits per heavy atom. The molecule has 0 saturated heterocycles. The standard InChI is InChI=1S/C15H23BrN2O/c1-10(2)14(9-17)18-15(19)8-11(3)12-4-6-13(16)7-5-12/h4-7,10-11,14H,8-9,17H2,1-3H3,(H,18,19). The molecule has 4 heteroatoms. The van der Waals surface area contributed by atoms with Gasteiger partial charge in [0.2, 0.25) is 5.91 Å². The number of nitrogens with two attached hydrogens (primary N) is 1. The summed E-state index contributed by atoms with van der Waals surface area (Å²) in [6.45, 7) is 6.68. The van der Waals surface area contributed by atoms with Crippen LogP contribution >= 0.6 is 15.9 Å². The van der Waals surface area contributed by atoms with Gasteiger partial charge in [0, 0.05) is 23.5 Å². The number of carbonyl (C=O) groups is 1. The zero-order chi connectivity index (χ0) is 14.4. The summed E-state index contributed by atoms with van der Waals surface area (Å²) in [5, 5.41) is 3.00. The van der Waals surface area contributed by atoms with E-state index in [4.69, 9.17) is 5.73 Å². The third-order valence-corrected chi connectivity index (χ3v) is 3.86. The number of hydrogen-bond donors (Lipinski definition) is 2. The summed E-state index contributed by atoms with van der Waals surface area (Å²) in [5.74, 6) is 0.634. The molecule has 0 bridgehead atoms. The molecule has 2 unspecified atom stereocenters. The third-order valence-electron chi connectivity index (χ3n) is 3.34. The van der Waals surface area contributed by atoms with Crippen molar-refractivity contribution in [2.24, 2.45) is 11.7 Å². The van der Waals surface area contributed by atoms with Crippen molar-refractivity contribution in [1.29, 1.82) is 0 Å². The van der Waals surface area contributed by atoms with E-state index in [-0.39, 0.29) is 17.9 Å². The summed E-state index contributed by atoms with van der Waals surface area (Å²) in [5.41, 5.74) is 6.83. The molecule has 2 atom stereocenters. The number of halogens is 1. The lowest BCUT2D eigenvalue weighted by Crippen LogP contribution is -2.43. The van der Waals surface area contributed by atoms with Gasteiger partial charge < -0.3 is 11.1 Å². The maximum Gasteiger partial charge on any atom is 0.220 e. The van der Waals surface area contributed by atoms with E-state index in [1.807, 2.05) is 24.3 Å². The molecular weight excluding hydrogens is 304 g/mol. The van der Waals surface area contributed by atoms with Crippen molar-refractivity contribution in [2.75, 3.05) is 6.54 Å². The van der Waals surface area contributed by atoms with E-state index < -0.39 is 0 Å². The number of rotatable bonds is 6. The van der Waals surface area contributed by atoms with Crippen LogP contribution in [0.3, 0.4) is 0 Å². The molecule has 1 aromatic carbocycles. The zero-order valence-corrected chi connectivity index (χ0v) is 13.4. The minimum Gasteiger partial charge on any atom is -0.352 e. The van der Waals surface area contributed by atoms with Gasteiger partial charge in [0.1, 0.15) is 0 Å². The molecule has 0 aliphatic carbocycles. The van der Waals surface area contributed by atoms with Crippen molar-refractivity contribution in [1.82, 2.24) is 5.32 Å². The SMILES string of the molecule is CC(CC(=O)NC(CN)C(C)C)c1ccc(Br)cc1. The van der Waals surface area contributed by atoms with Crippen molar-refractivity contribution in [3.8, 4) is 0 Å². The number of benzene rings is 1. The van der Waals surface area contributed by atoms with Crippen molar-refractivity contribution in [3.63, 3.8) is 0 Å². The summed E-state index contributed by atoms with van der Waals surface area (Å²) in [6.07, 6.45) is 0.491. The Bertz CT molecular complexity index is 403. The fraction of sp³-hybridized carbons (Fsp3) is 0.533. The smallest absolute Gasteiger partial charge is 0.220 e. The monoisotopic (exact) mass is 326 g/mol. The number of hydrogen-bond acceptors (Lipinski definition) is 2. The highest BCUT2D eigenvalue weighted by Crippen LogP contribution is 2.21. The fourth-order valence-corrected chi connectivity index (χ4v) is 2.22. The molecule has 106 valence electrons. The summed E-state index contributed by atoms with van der Waals surface area (Å²) >= 11 is 3.41. The summed E-state index contributed by atoms with van der Waals surface area (Å²) in [6, 6.07) is 8.15. The first-order valence-electron chi connectivity index (χ1n) is 6.69. The van der Waals surface area contributed by atoms with Gasteiger partial charge in [-0.3, -0.25) is 4.79 Å². The highest BCUT2D eigenvalue weighted by Gasteiger charge is 2.17. The molecule has 19 heavy (non-hydrogen) atoms. The van der Waals surface area contributed by atoms with E-state index in [2.05, 4.69) is 42.0 Å². The molecule has 0 radical (unpaired) electrons. The second kappa shape index (κ2) is 7.65. The van der Waals surface area contributed by atoms with Crippen LogP contribution in [0.2, 0.25) is 0 Å². The first-order valence-corrected chi connectivity index (χ1v) is 7.48. The first-order chi connectivity index (χ1) is 8.93. The maximum atomic E-state index is 12.0. The van der Waals surface area contributed by atoms with Gasteiger partial charge in [-0.15, -0.1) is 0 Å². The Labute approximate surface area is 124 Å². The molecule has 1 amide bonds. The predicted octanol–water partition coefficient (Wildman–Crippen LogP) is 3.04. The number of carbonyl (C=O) groups excluding carboxylic acids is 1. The Kier molecular flexibility index (Phi) is 6.52. The summed E-state index contributed by atoms with van der Waals surface area (Å²) in [4.78, 5) is 12.0.